The smallest absolute Gasteiger partial charge is 0.346 e. The van der Waals surface area contributed by atoms with Gasteiger partial charge in [0.1, 0.15) is 4.88 Å². The van der Waals surface area contributed by atoms with E-state index in [1.807, 2.05) is 12.1 Å². The number of hydrogen-bond acceptors (Lipinski definition) is 2. The van der Waals surface area contributed by atoms with Crippen molar-refractivity contribution in [2.24, 2.45) is 0 Å². The normalized spacial score (nSPS) is 10.2. The fourth-order valence-corrected chi connectivity index (χ4v) is 2.21. The van der Waals surface area contributed by atoms with Crippen LogP contribution in [0.15, 0.2) is 35.7 Å². The SMILES string of the molecule is O=C(O)c1sccc1-c1ccc(Cl)cc1. The second-order valence-electron chi connectivity index (χ2n) is 2.98. The van der Waals surface area contributed by atoms with Crippen LogP contribution in [0.5, 0.6) is 0 Å². The Balaban J connectivity index is 2.49. The Morgan fingerprint density at radius 1 is 1.20 bits per heavy atom. The van der Waals surface area contributed by atoms with Gasteiger partial charge in [0.05, 0.1) is 0 Å². The van der Waals surface area contributed by atoms with E-state index in [4.69, 9.17) is 16.7 Å². The number of hydrogen-bond donors (Lipinski definition) is 1. The number of rotatable bonds is 2. The van der Waals surface area contributed by atoms with Crippen molar-refractivity contribution >= 4 is 28.9 Å². The van der Waals surface area contributed by atoms with Crippen LogP contribution in [0.1, 0.15) is 9.67 Å². The van der Waals surface area contributed by atoms with Crippen molar-refractivity contribution in [3.63, 3.8) is 0 Å². The van der Waals surface area contributed by atoms with Crippen LogP contribution in [-0.2, 0) is 0 Å². The average Bonchev–Trinajstić information content (AvgIpc) is 2.67. The van der Waals surface area contributed by atoms with Crippen molar-refractivity contribution in [3.05, 3.63) is 45.6 Å². The van der Waals surface area contributed by atoms with Crippen LogP contribution in [0.2, 0.25) is 5.02 Å². The van der Waals surface area contributed by atoms with Gasteiger partial charge < -0.3 is 5.11 Å². The minimum absolute atomic E-state index is 0.359. The zero-order valence-electron chi connectivity index (χ0n) is 7.61. The van der Waals surface area contributed by atoms with E-state index in [0.29, 0.717) is 9.90 Å². The highest BCUT2D eigenvalue weighted by Crippen LogP contribution is 2.29. The van der Waals surface area contributed by atoms with Gasteiger partial charge in [0, 0.05) is 10.6 Å². The summed E-state index contributed by atoms with van der Waals surface area (Å²) in [4.78, 5) is 11.3. The van der Waals surface area contributed by atoms with E-state index >= 15 is 0 Å². The van der Waals surface area contributed by atoms with Crippen LogP contribution in [0.3, 0.4) is 0 Å². The fourth-order valence-electron chi connectivity index (χ4n) is 1.33. The van der Waals surface area contributed by atoms with Gasteiger partial charge in [-0.05, 0) is 29.1 Å². The molecule has 0 aliphatic carbocycles. The summed E-state index contributed by atoms with van der Waals surface area (Å²) in [6.45, 7) is 0. The number of thiophene rings is 1. The van der Waals surface area contributed by atoms with Gasteiger partial charge in [0.2, 0.25) is 0 Å². The molecule has 0 atom stereocenters. The molecule has 15 heavy (non-hydrogen) atoms. The van der Waals surface area contributed by atoms with Gasteiger partial charge in [0.15, 0.2) is 0 Å². The molecule has 0 bridgehead atoms. The van der Waals surface area contributed by atoms with Crippen molar-refractivity contribution < 1.29 is 9.90 Å². The highest BCUT2D eigenvalue weighted by atomic mass is 35.5. The molecule has 0 aliphatic heterocycles. The first-order valence-electron chi connectivity index (χ1n) is 4.25. The molecule has 2 rings (SSSR count). The van der Waals surface area contributed by atoms with Crippen molar-refractivity contribution in [1.82, 2.24) is 0 Å². The summed E-state index contributed by atoms with van der Waals surface area (Å²) in [6.07, 6.45) is 0. The molecule has 0 amide bonds. The highest BCUT2D eigenvalue weighted by Gasteiger charge is 2.12. The minimum atomic E-state index is -0.894. The van der Waals surface area contributed by atoms with E-state index in [0.717, 1.165) is 11.1 Å². The lowest BCUT2D eigenvalue weighted by molar-refractivity contribution is 0.0703. The molecule has 1 N–H and O–H groups in total. The molecule has 76 valence electrons. The number of carbonyl (C=O) groups is 1. The summed E-state index contributed by atoms with van der Waals surface area (Å²) < 4.78 is 0. The Labute approximate surface area is 95.8 Å². The summed E-state index contributed by atoms with van der Waals surface area (Å²) >= 11 is 6.99. The molecule has 0 saturated carbocycles. The third kappa shape index (κ3) is 2.03. The number of carboxylic acid groups (broad SMARTS) is 1. The summed E-state index contributed by atoms with van der Waals surface area (Å²) in [5.41, 5.74) is 1.61. The first kappa shape index (κ1) is 10.2. The molecule has 1 aromatic carbocycles. The predicted molar refractivity (Wildman–Crippen MR) is 61.7 cm³/mol. The largest absolute Gasteiger partial charge is 0.477 e. The van der Waals surface area contributed by atoms with Crippen LogP contribution < -0.4 is 0 Å². The zero-order chi connectivity index (χ0) is 10.8. The molecule has 1 aromatic heterocycles. The Kier molecular flexibility index (Phi) is 2.75. The van der Waals surface area contributed by atoms with Crippen LogP contribution in [-0.4, -0.2) is 11.1 Å². The van der Waals surface area contributed by atoms with Gasteiger partial charge in [-0.25, -0.2) is 4.79 Å². The van der Waals surface area contributed by atoms with E-state index in [1.54, 1.807) is 23.6 Å². The van der Waals surface area contributed by atoms with Crippen molar-refractivity contribution in [2.75, 3.05) is 0 Å². The first-order chi connectivity index (χ1) is 7.18. The van der Waals surface area contributed by atoms with Crippen LogP contribution >= 0.6 is 22.9 Å². The maximum absolute atomic E-state index is 10.9. The molecule has 0 fully saturated rings. The molecule has 0 aliphatic rings. The molecule has 1 heterocycles. The van der Waals surface area contributed by atoms with Gasteiger partial charge in [-0.15, -0.1) is 11.3 Å². The molecular formula is C11H7ClO2S. The van der Waals surface area contributed by atoms with E-state index in [2.05, 4.69) is 0 Å². The molecule has 4 heteroatoms. The van der Waals surface area contributed by atoms with E-state index in [-0.39, 0.29) is 0 Å². The number of aromatic carboxylic acids is 1. The topological polar surface area (TPSA) is 37.3 Å². The minimum Gasteiger partial charge on any atom is -0.477 e. The molecular weight excluding hydrogens is 232 g/mol. The standard InChI is InChI=1S/C11H7ClO2S/c12-8-3-1-7(2-4-8)9-5-6-15-10(9)11(13)14/h1-6H,(H,13,14). The van der Waals surface area contributed by atoms with Gasteiger partial charge in [-0.2, -0.15) is 0 Å². The number of halogens is 1. The van der Waals surface area contributed by atoms with Gasteiger partial charge in [-0.3, -0.25) is 0 Å². The van der Waals surface area contributed by atoms with Crippen LogP contribution in [0.25, 0.3) is 11.1 Å². The molecule has 2 aromatic rings. The Morgan fingerprint density at radius 3 is 2.47 bits per heavy atom. The average molecular weight is 239 g/mol. The summed E-state index contributed by atoms with van der Waals surface area (Å²) in [7, 11) is 0. The van der Waals surface area contributed by atoms with Crippen molar-refractivity contribution in [2.45, 2.75) is 0 Å². The lowest BCUT2D eigenvalue weighted by atomic mass is 10.1. The molecule has 0 spiro atoms. The van der Waals surface area contributed by atoms with Gasteiger partial charge in [0.25, 0.3) is 0 Å². The lowest BCUT2D eigenvalue weighted by Gasteiger charge is -2.00. The monoisotopic (exact) mass is 238 g/mol. The molecule has 0 saturated heterocycles. The quantitative estimate of drug-likeness (QED) is 0.865. The zero-order valence-corrected chi connectivity index (χ0v) is 9.18. The second-order valence-corrected chi connectivity index (χ2v) is 4.33. The van der Waals surface area contributed by atoms with E-state index in [9.17, 15) is 4.79 Å². The van der Waals surface area contributed by atoms with Gasteiger partial charge in [-0.1, -0.05) is 23.7 Å². The molecule has 0 unspecified atom stereocenters. The molecule has 0 radical (unpaired) electrons. The fraction of sp³-hybridized carbons (Fsp3) is 0. The summed E-state index contributed by atoms with van der Waals surface area (Å²) in [5.74, 6) is -0.894. The third-order valence-electron chi connectivity index (χ3n) is 2.01. The third-order valence-corrected chi connectivity index (χ3v) is 3.17. The summed E-state index contributed by atoms with van der Waals surface area (Å²) in [6, 6.07) is 8.94. The van der Waals surface area contributed by atoms with E-state index in [1.165, 1.54) is 11.3 Å². The Morgan fingerprint density at radius 2 is 1.87 bits per heavy atom. The first-order valence-corrected chi connectivity index (χ1v) is 5.51. The van der Waals surface area contributed by atoms with E-state index < -0.39 is 5.97 Å². The summed E-state index contributed by atoms with van der Waals surface area (Å²) in [5, 5.41) is 11.4. The van der Waals surface area contributed by atoms with Crippen LogP contribution in [0.4, 0.5) is 0 Å². The Hall–Kier alpha value is -1.32. The van der Waals surface area contributed by atoms with Crippen LogP contribution in [0, 0.1) is 0 Å². The van der Waals surface area contributed by atoms with Crippen molar-refractivity contribution in [1.29, 1.82) is 0 Å². The van der Waals surface area contributed by atoms with Gasteiger partial charge >= 0.3 is 5.97 Å². The predicted octanol–water partition coefficient (Wildman–Crippen LogP) is 3.77. The second kappa shape index (κ2) is 4.04. The number of carboxylic acids is 1. The lowest BCUT2D eigenvalue weighted by Crippen LogP contribution is -1.94. The number of benzene rings is 1. The molecule has 2 nitrogen and oxygen atoms in total. The maximum Gasteiger partial charge on any atom is 0.346 e. The maximum atomic E-state index is 10.9. The van der Waals surface area contributed by atoms with Crippen molar-refractivity contribution in [3.8, 4) is 11.1 Å². The Bertz CT molecular complexity index is 488. The highest BCUT2D eigenvalue weighted by molar-refractivity contribution is 7.12.